The Morgan fingerprint density at radius 1 is 1.10 bits per heavy atom. The monoisotopic (exact) mass is 303 g/mol. The molecule has 0 bridgehead atoms. The van der Waals surface area contributed by atoms with Gasteiger partial charge >= 0.3 is 0 Å². The number of benzene rings is 2. The molecular weight excluding hydrogens is 286 g/mol. The smallest absolute Gasteiger partial charge is 0.255 e. The lowest BCUT2D eigenvalue weighted by molar-refractivity contribution is 0.102. The average Bonchev–Trinajstić information content (AvgIpc) is 2.41. The van der Waals surface area contributed by atoms with Crippen LogP contribution in [-0.2, 0) is 5.41 Å². The summed E-state index contributed by atoms with van der Waals surface area (Å²) in [7, 11) is 0. The van der Waals surface area contributed by atoms with Gasteiger partial charge in [0.25, 0.3) is 5.91 Å². The number of amides is 1. The topological polar surface area (TPSA) is 49.3 Å². The lowest BCUT2D eigenvalue weighted by atomic mass is 9.87. The number of nitrogens with one attached hydrogen (secondary N) is 1. The number of phenols is 1. The number of phenolic OH excluding ortho intramolecular Hbond substituents is 1. The van der Waals surface area contributed by atoms with Gasteiger partial charge in [-0.25, -0.2) is 0 Å². The molecule has 0 aromatic heterocycles. The first kappa shape index (κ1) is 15.4. The summed E-state index contributed by atoms with van der Waals surface area (Å²) in [6.07, 6.45) is 0. The van der Waals surface area contributed by atoms with Crippen molar-refractivity contribution in [3.8, 4) is 5.75 Å². The van der Waals surface area contributed by atoms with Gasteiger partial charge in [-0.3, -0.25) is 4.79 Å². The molecule has 0 aliphatic carbocycles. The number of aromatic hydroxyl groups is 1. The number of carbonyl (C=O) groups is 1. The van der Waals surface area contributed by atoms with E-state index in [-0.39, 0.29) is 17.1 Å². The van der Waals surface area contributed by atoms with E-state index in [0.29, 0.717) is 16.3 Å². The molecular formula is C17H18ClNO2. The summed E-state index contributed by atoms with van der Waals surface area (Å²) in [6, 6.07) is 11.9. The van der Waals surface area contributed by atoms with Crippen LogP contribution in [-0.4, -0.2) is 11.0 Å². The number of halogens is 1. The maximum Gasteiger partial charge on any atom is 0.255 e. The van der Waals surface area contributed by atoms with Gasteiger partial charge < -0.3 is 10.4 Å². The third kappa shape index (κ3) is 3.76. The first-order valence-electron chi connectivity index (χ1n) is 6.68. The third-order valence-corrected chi connectivity index (χ3v) is 3.53. The van der Waals surface area contributed by atoms with Crippen molar-refractivity contribution in [3.05, 3.63) is 58.6 Å². The maximum atomic E-state index is 12.2. The quantitative estimate of drug-likeness (QED) is 0.797. The Morgan fingerprint density at radius 2 is 1.71 bits per heavy atom. The molecule has 2 rings (SSSR count). The standard InChI is InChI=1S/C17H18ClNO2/c1-17(2,3)12-6-4-11(5-7-12)16(21)19-15-9-8-13(20)10-14(15)18/h4-10,20H,1-3H3,(H,19,21). The van der Waals surface area contributed by atoms with E-state index in [2.05, 4.69) is 26.1 Å². The van der Waals surface area contributed by atoms with Gasteiger partial charge in [-0.15, -0.1) is 0 Å². The number of hydrogen-bond acceptors (Lipinski definition) is 2. The molecule has 0 spiro atoms. The molecule has 110 valence electrons. The first-order valence-corrected chi connectivity index (χ1v) is 7.05. The predicted molar refractivity (Wildman–Crippen MR) is 86.2 cm³/mol. The Bertz CT molecular complexity index is 657. The summed E-state index contributed by atoms with van der Waals surface area (Å²) in [5, 5.41) is 12.3. The molecule has 4 heteroatoms. The van der Waals surface area contributed by atoms with Crippen molar-refractivity contribution in [2.24, 2.45) is 0 Å². The molecule has 0 aliphatic heterocycles. The fourth-order valence-corrected chi connectivity index (χ4v) is 2.14. The Morgan fingerprint density at radius 3 is 2.24 bits per heavy atom. The number of anilines is 1. The molecule has 1 amide bonds. The van der Waals surface area contributed by atoms with E-state index in [4.69, 9.17) is 11.6 Å². The second-order valence-electron chi connectivity index (χ2n) is 5.95. The highest BCUT2D eigenvalue weighted by Crippen LogP contribution is 2.27. The SMILES string of the molecule is CC(C)(C)c1ccc(C(=O)Nc2ccc(O)cc2Cl)cc1. The van der Waals surface area contributed by atoms with Crippen molar-refractivity contribution in [2.75, 3.05) is 5.32 Å². The molecule has 0 atom stereocenters. The van der Waals surface area contributed by atoms with E-state index >= 15 is 0 Å². The molecule has 2 N–H and O–H groups in total. The summed E-state index contributed by atoms with van der Waals surface area (Å²) in [5.41, 5.74) is 2.25. The summed E-state index contributed by atoms with van der Waals surface area (Å²) in [6.45, 7) is 6.37. The molecule has 21 heavy (non-hydrogen) atoms. The zero-order valence-electron chi connectivity index (χ0n) is 12.3. The van der Waals surface area contributed by atoms with Crippen molar-refractivity contribution in [2.45, 2.75) is 26.2 Å². The first-order chi connectivity index (χ1) is 9.77. The Labute approximate surface area is 129 Å². The predicted octanol–water partition coefficient (Wildman–Crippen LogP) is 4.60. The molecule has 0 unspecified atom stereocenters. The van der Waals surface area contributed by atoms with Crippen LogP contribution in [0.2, 0.25) is 5.02 Å². The molecule has 0 radical (unpaired) electrons. The highest BCUT2D eigenvalue weighted by atomic mass is 35.5. The zero-order chi connectivity index (χ0) is 15.6. The van der Waals surface area contributed by atoms with Crippen molar-refractivity contribution in [1.82, 2.24) is 0 Å². The summed E-state index contributed by atoms with van der Waals surface area (Å²) < 4.78 is 0. The van der Waals surface area contributed by atoms with Gasteiger partial charge in [0.2, 0.25) is 0 Å². The highest BCUT2D eigenvalue weighted by Gasteiger charge is 2.14. The normalized spacial score (nSPS) is 11.2. The summed E-state index contributed by atoms with van der Waals surface area (Å²) in [5.74, 6) is -0.171. The van der Waals surface area contributed by atoms with Gasteiger partial charge in [0, 0.05) is 11.6 Å². The fourth-order valence-electron chi connectivity index (χ4n) is 1.92. The van der Waals surface area contributed by atoms with Gasteiger partial charge in [0.05, 0.1) is 10.7 Å². The molecule has 2 aromatic rings. The van der Waals surface area contributed by atoms with Gasteiger partial charge in [-0.2, -0.15) is 0 Å². The van der Waals surface area contributed by atoms with Crippen molar-refractivity contribution >= 4 is 23.2 Å². The van der Waals surface area contributed by atoms with Gasteiger partial charge in [-0.05, 0) is 35.2 Å². The average molecular weight is 304 g/mol. The summed E-state index contributed by atoms with van der Waals surface area (Å²) >= 11 is 5.97. The van der Waals surface area contributed by atoms with Crippen LogP contribution in [0.4, 0.5) is 5.69 Å². The van der Waals surface area contributed by atoms with Crippen LogP contribution in [0.25, 0.3) is 0 Å². The van der Waals surface area contributed by atoms with Gasteiger partial charge in [-0.1, -0.05) is 44.5 Å². The number of carbonyl (C=O) groups excluding carboxylic acids is 1. The molecule has 2 aromatic carbocycles. The van der Waals surface area contributed by atoms with Gasteiger partial charge in [0.1, 0.15) is 5.75 Å². The Hall–Kier alpha value is -2.00. The van der Waals surface area contributed by atoms with Crippen LogP contribution in [0.15, 0.2) is 42.5 Å². The number of rotatable bonds is 2. The Balaban J connectivity index is 2.17. The van der Waals surface area contributed by atoms with E-state index in [0.717, 1.165) is 0 Å². The largest absolute Gasteiger partial charge is 0.508 e. The second-order valence-corrected chi connectivity index (χ2v) is 6.35. The van der Waals surface area contributed by atoms with Crippen LogP contribution in [0, 0.1) is 0 Å². The van der Waals surface area contributed by atoms with Crippen molar-refractivity contribution in [3.63, 3.8) is 0 Å². The van der Waals surface area contributed by atoms with E-state index < -0.39 is 0 Å². The molecule has 3 nitrogen and oxygen atoms in total. The molecule has 0 saturated carbocycles. The third-order valence-electron chi connectivity index (χ3n) is 3.21. The molecule has 0 aliphatic rings. The minimum Gasteiger partial charge on any atom is -0.508 e. The molecule has 0 heterocycles. The molecule has 0 fully saturated rings. The van der Waals surface area contributed by atoms with E-state index in [1.165, 1.54) is 17.7 Å². The second kappa shape index (κ2) is 5.78. The lowest BCUT2D eigenvalue weighted by Crippen LogP contribution is -2.14. The molecule has 0 saturated heterocycles. The zero-order valence-corrected chi connectivity index (χ0v) is 13.0. The van der Waals surface area contributed by atoms with Crippen LogP contribution >= 0.6 is 11.6 Å². The maximum absolute atomic E-state index is 12.2. The van der Waals surface area contributed by atoms with E-state index in [1.807, 2.05) is 12.1 Å². The van der Waals surface area contributed by atoms with Crippen LogP contribution in [0.3, 0.4) is 0 Å². The fraction of sp³-hybridized carbons (Fsp3) is 0.235. The van der Waals surface area contributed by atoms with E-state index in [1.54, 1.807) is 18.2 Å². The van der Waals surface area contributed by atoms with E-state index in [9.17, 15) is 9.90 Å². The summed E-state index contributed by atoms with van der Waals surface area (Å²) in [4.78, 5) is 12.2. The Kier molecular flexibility index (Phi) is 4.24. The van der Waals surface area contributed by atoms with Crippen LogP contribution in [0.1, 0.15) is 36.7 Å². The van der Waals surface area contributed by atoms with Crippen LogP contribution in [0.5, 0.6) is 5.75 Å². The number of hydrogen-bond donors (Lipinski definition) is 2. The minimum atomic E-state index is -0.233. The van der Waals surface area contributed by atoms with Crippen molar-refractivity contribution < 1.29 is 9.90 Å². The van der Waals surface area contributed by atoms with Crippen LogP contribution < -0.4 is 5.32 Å². The van der Waals surface area contributed by atoms with Gasteiger partial charge in [0.15, 0.2) is 0 Å². The lowest BCUT2D eigenvalue weighted by Gasteiger charge is -2.19. The van der Waals surface area contributed by atoms with Crippen molar-refractivity contribution in [1.29, 1.82) is 0 Å². The minimum absolute atomic E-state index is 0.0509. The highest BCUT2D eigenvalue weighted by molar-refractivity contribution is 6.34.